The van der Waals surface area contributed by atoms with Gasteiger partial charge in [-0.15, -0.1) is 0 Å². The smallest absolute Gasteiger partial charge is 0.291 e. The second-order valence-electron chi connectivity index (χ2n) is 7.05. The summed E-state index contributed by atoms with van der Waals surface area (Å²) in [5.41, 5.74) is 4.16. The highest BCUT2D eigenvalue weighted by molar-refractivity contribution is 6.02. The number of carbonyl (C=O) groups is 1. The van der Waals surface area contributed by atoms with E-state index < -0.39 is 0 Å². The molecule has 1 aromatic heterocycles. The van der Waals surface area contributed by atoms with Crippen LogP contribution in [0.4, 0.5) is 5.69 Å². The van der Waals surface area contributed by atoms with Gasteiger partial charge in [-0.3, -0.25) is 4.79 Å². The Bertz CT molecular complexity index is 923. The van der Waals surface area contributed by atoms with Crippen molar-refractivity contribution in [3.63, 3.8) is 0 Å². The summed E-state index contributed by atoms with van der Waals surface area (Å²) in [6.45, 7) is 8.54. The molecular weight excluding hydrogens is 338 g/mol. The summed E-state index contributed by atoms with van der Waals surface area (Å²) in [7, 11) is 0. The van der Waals surface area contributed by atoms with Gasteiger partial charge < -0.3 is 14.5 Å². The van der Waals surface area contributed by atoms with Gasteiger partial charge in [0.2, 0.25) is 0 Å². The monoisotopic (exact) mass is 363 g/mol. The van der Waals surface area contributed by atoms with Crippen LogP contribution >= 0.6 is 0 Å². The first-order valence-electron chi connectivity index (χ1n) is 9.12. The Morgan fingerprint density at radius 2 is 1.78 bits per heavy atom. The molecule has 4 heteroatoms. The summed E-state index contributed by atoms with van der Waals surface area (Å²) in [4.78, 5) is 12.4. The number of nitrogens with one attached hydrogen (secondary N) is 1. The van der Waals surface area contributed by atoms with Crippen molar-refractivity contribution in [1.29, 1.82) is 0 Å². The van der Waals surface area contributed by atoms with Gasteiger partial charge in [0, 0.05) is 5.69 Å². The van der Waals surface area contributed by atoms with Crippen molar-refractivity contribution in [1.82, 2.24) is 0 Å². The van der Waals surface area contributed by atoms with Crippen molar-refractivity contribution in [3.8, 4) is 5.75 Å². The Morgan fingerprint density at radius 1 is 1.04 bits per heavy atom. The molecule has 27 heavy (non-hydrogen) atoms. The first-order chi connectivity index (χ1) is 12.9. The minimum atomic E-state index is -0.267. The van der Waals surface area contributed by atoms with Gasteiger partial charge >= 0.3 is 0 Å². The van der Waals surface area contributed by atoms with E-state index in [1.54, 1.807) is 12.1 Å². The van der Waals surface area contributed by atoms with E-state index in [-0.39, 0.29) is 18.3 Å². The van der Waals surface area contributed by atoms with Crippen LogP contribution in [0.3, 0.4) is 0 Å². The number of ether oxygens (including phenoxy) is 1. The lowest BCUT2D eigenvalue weighted by Crippen LogP contribution is -2.12. The number of anilines is 1. The minimum absolute atomic E-state index is 0.267. The molecule has 0 spiro atoms. The van der Waals surface area contributed by atoms with E-state index in [0.717, 1.165) is 22.6 Å². The number of amides is 1. The van der Waals surface area contributed by atoms with Gasteiger partial charge in [0.15, 0.2) is 5.76 Å². The molecule has 3 rings (SSSR count). The molecule has 4 nitrogen and oxygen atoms in total. The molecule has 140 valence electrons. The van der Waals surface area contributed by atoms with Crippen LogP contribution in [-0.4, -0.2) is 5.91 Å². The maximum Gasteiger partial charge on any atom is 0.291 e. The lowest BCUT2D eigenvalue weighted by molar-refractivity contribution is 0.0992. The van der Waals surface area contributed by atoms with Crippen LogP contribution in [0.25, 0.3) is 0 Å². The summed E-state index contributed by atoms with van der Waals surface area (Å²) >= 11 is 0. The zero-order valence-corrected chi connectivity index (χ0v) is 16.2. The highest BCUT2D eigenvalue weighted by Crippen LogP contribution is 2.21. The molecule has 0 fully saturated rings. The molecule has 0 aliphatic rings. The Hall–Kier alpha value is -3.01. The van der Waals surface area contributed by atoms with Gasteiger partial charge in [-0.1, -0.05) is 38.1 Å². The highest BCUT2D eigenvalue weighted by Gasteiger charge is 2.13. The number of rotatable bonds is 6. The number of furan rings is 1. The second kappa shape index (κ2) is 8.12. The lowest BCUT2D eigenvalue weighted by atomic mass is 10.0. The van der Waals surface area contributed by atoms with Gasteiger partial charge in [0.25, 0.3) is 5.91 Å². The molecule has 1 N–H and O–H groups in total. The Balaban J connectivity index is 1.60. The van der Waals surface area contributed by atoms with Crippen molar-refractivity contribution in [2.24, 2.45) is 0 Å². The van der Waals surface area contributed by atoms with Gasteiger partial charge in [-0.25, -0.2) is 0 Å². The van der Waals surface area contributed by atoms with E-state index in [0.29, 0.717) is 11.7 Å². The summed E-state index contributed by atoms with van der Waals surface area (Å²) in [5, 5.41) is 2.90. The molecule has 1 heterocycles. The van der Waals surface area contributed by atoms with Crippen LogP contribution in [0.2, 0.25) is 0 Å². The molecule has 3 aromatic rings. The van der Waals surface area contributed by atoms with Crippen molar-refractivity contribution < 1.29 is 13.9 Å². The van der Waals surface area contributed by atoms with Crippen molar-refractivity contribution in [3.05, 3.63) is 82.8 Å². The highest BCUT2D eigenvalue weighted by atomic mass is 16.5. The quantitative estimate of drug-likeness (QED) is 0.597. The fourth-order valence-corrected chi connectivity index (χ4v) is 2.74. The second-order valence-corrected chi connectivity index (χ2v) is 7.05. The number of carbonyl (C=O) groups excluding carboxylic acids is 1. The number of hydrogen-bond acceptors (Lipinski definition) is 3. The zero-order valence-electron chi connectivity index (χ0n) is 16.2. The van der Waals surface area contributed by atoms with Crippen LogP contribution in [0.1, 0.15) is 52.8 Å². The Labute approximate surface area is 160 Å². The first kappa shape index (κ1) is 18.8. The number of aryl methyl sites for hydroxylation is 2. The van der Waals surface area contributed by atoms with Crippen LogP contribution < -0.4 is 10.1 Å². The molecule has 2 aromatic carbocycles. The topological polar surface area (TPSA) is 51.5 Å². The van der Waals surface area contributed by atoms with Gasteiger partial charge in [0.1, 0.15) is 18.1 Å². The van der Waals surface area contributed by atoms with E-state index >= 15 is 0 Å². The molecular formula is C23H25NO3. The predicted octanol–water partition coefficient (Wildman–Crippen LogP) is 5.85. The van der Waals surface area contributed by atoms with Crippen LogP contribution in [0.5, 0.6) is 5.75 Å². The average molecular weight is 363 g/mol. The Morgan fingerprint density at radius 3 is 2.48 bits per heavy atom. The average Bonchev–Trinajstić information content (AvgIpc) is 3.12. The van der Waals surface area contributed by atoms with E-state index in [2.05, 4.69) is 31.3 Å². The Kier molecular flexibility index (Phi) is 5.65. The third-order valence-corrected chi connectivity index (χ3v) is 4.45. The van der Waals surface area contributed by atoms with Crippen LogP contribution in [0.15, 0.2) is 59.0 Å². The maximum absolute atomic E-state index is 12.4. The first-order valence-corrected chi connectivity index (χ1v) is 9.12. The molecule has 0 atom stereocenters. The molecule has 0 unspecified atom stereocenters. The van der Waals surface area contributed by atoms with Crippen molar-refractivity contribution >= 4 is 11.6 Å². The summed E-state index contributed by atoms with van der Waals surface area (Å²) in [5.74, 6) is 1.87. The standard InChI is InChI=1S/C23H25NO3/c1-15(2)18-7-9-19(10-8-18)26-14-20-11-12-22(27-20)23(25)24-21-13-16(3)5-6-17(21)4/h5-13,15H,14H2,1-4H3,(H,24,25). The maximum atomic E-state index is 12.4. The molecule has 0 aliphatic heterocycles. The number of benzene rings is 2. The van der Waals surface area contributed by atoms with Crippen molar-refractivity contribution in [2.75, 3.05) is 5.32 Å². The van der Waals surface area contributed by atoms with Gasteiger partial charge in [-0.2, -0.15) is 0 Å². The van der Waals surface area contributed by atoms with E-state index in [1.807, 2.05) is 44.2 Å². The van der Waals surface area contributed by atoms with Gasteiger partial charge in [-0.05, 0) is 66.8 Å². The third-order valence-electron chi connectivity index (χ3n) is 4.45. The molecule has 0 bridgehead atoms. The van der Waals surface area contributed by atoms with E-state index in [9.17, 15) is 4.79 Å². The van der Waals surface area contributed by atoms with Crippen molar-refractivity contribution in [2.45, 2.75) is 40.2 Å². The predicted molar refractivity (Wildman–Crippen MR) is 107 cm³/mol. The molecule has 0 saturated heterocycles. The van der Waals surface area contributed by atoms with E-state index in [1.165, 1.54) is 5.56 Å². The van der Waals surface area contributed by atoms with Crippen LogP contribution in [0, 0.1) is 13.8 Å². The minimum Gasteiger partial charge on any atom is -0.486 e. The molecule has 0 aliphatic carbocycles. The van der Waals surface area contributed by atoms with E-state index in [4.69, 9.17) is 9.15 Å². The molecule has 1 amide bonds. The molecule has 0 saturated carbocycles. The summed E-state index contributed by atoms with van der Waals surface area (Å²) in [6, 6.07) is 17.4. The molecule has 0 radical (unpaired) electrons. The van der Waals surface area contributed by atoms with Crippen LogP contribution in [-0.2, 0) is 6.61 Å². The summed E-state index contributed by atoms with van der Waals surface area (Å²) < 4.78 is 11.4. The summed E-state index contributed by atoms with van der Waals surface area (Å²) in [6.07, 6.45) is 0. The fourth-order valence-electron chi connectivity index (χ4n) is 2.74. The third kappa shape index (κ3) is 4.79. The normalized spacial score (nSPS) is 10.9. The number of hydrogen-bond donors (Lipinski definition) is 1. The van der Waals surface area contributed by atoms with Gasteiger partial charge in [0.05, 0.1) is 0 Å². The lowest BCUT2D eigenvalue weighted by Gasteiger charge is -2.08. The fraction of sp³-hybridized carbons (Fsp3) is 0.261. The zero-order chi connectivity index (χ0) is 19.4. The largest absolute Gasteiger partial charge is 0.486 e. The SMILES string of the molecule is Cc1ccc(C)c(NC(=O)c2ccc(COc3ccc(C(C)C)cc3)o2)c1.